The lowest BCUT2D eigenvalue weighted by atomic mass is 10.2. The van der Waals surface area contributed by atoms with E-state index >= 15 is 0 Å². The van der Waals surface area contributed by atoms with Crippen LogP contribution >= 0.6 is 0 Å². The number of carbonyl (C=O) groups excluding carboxylic acids is 1. The quantitative estimate of drug-likeness (QED) is 0.789. The van der Waals surface area contributed by atoms with Crippen LogP contribution in [0.1, 0.15) is 25.5 Å². The summed E-state index contributed by atoms with van der Waals surface area (Å²) in [6.45, 7) is 6.16. The molecule has 1 rings (SSSR count). The fourth-order valence-electron chi connectivity index (χ4n) is 1.01. The monoisotopic (exact) mass is 196 g/mol. The van der Waals surface area contributed by atoms with Crippen LogP contribution in [-0.4, -0.2) is 17.4 Å². The number of aryl methyl sites for hydroxylation is 1. The molecule has 0 unspecified atom stereocenters. The van der Waals surface area contributed by atoms with Crippen LogP contribution in [0.25, 0.3) is 0 Å². The zero-order valence-electron chi connectivity index (χ0n) is 8.83. The third-order valence-corrected chi connectivity index (χ3v) is 1.83. The summed E-state index contributed by atoms with van der Waals surface area (Å²) < 4.78 is 5.26. The lowest BCUT2D eigenvalue weighted by Gasteiger charge is -2.05. The number of amides is 1. The standard InChI is InChI=1S/C10H16N2O2/c1-7(2)10(13)11-5-4-9-12-6-8(3)14-9/h6-7H,4-5H2,1-3H3,(H,11,13). The van der Waals surface area contributed by atoms with Crippen LogP contribution in [0.2, 0.25) is 0 Å². The molecule has 0 saturated carbocycles. The van der Waals surface area contributed by atoms with Gasteiger partial charge in [0, 0.05) is 18.9 Å². The van der Waals surface area contributed by atoms with E-state index in [1.165, 1.54) is 0 Å². The number of aromatic nitrogens is 1. The van der Waals surface area contributed by atoms with Crippen molar-refractivity contribution in [3.8, 4) is 0 Å². The second-order valence-corrected chi connectivity index (χ2v) is 3.56. The molecule has 4 nitrogen and oxygen atoms in total. The van der Waals surface area contributed by atoms with E-state index < -0.39 is 0 Å². The van der Waals surface area contributed by atoms with Crippen molar-refractivity contribution in [3.05, 3.63) is 17.8 Å². The Balaban J connectivity index is 2.25. The molecule has 1 heterocycles. The molecular weight excluding hydrogens is 180 g/mol. The van der Waals surface area contributed by atoms with Crippen LogP contribution in [0.15, 0.2) is 10.6 Å². The van der Waals surface area contributed by atoms with Crippen LogP contribution in [0, 0.1) is 12.8 Å². The predicted molar refractivity (Wildman–Crippen MR) is 52.8 cm³/mol. The summed E-state index contributed by atoms with van der Waals surface area (Å²) in [5.41, 5.74) is 0. The minimum Gasteiger partial charge on any atom is -0.446 e. The topological polar surface area (TPSA) is 55.1 Å². The maximum atomic E-state index is 11.2. The molecule has 0 saturated heterocycles. The van der Waals surface area contributed by atoms with Crippen LogP contribution in [0.5, 0.6) is 0 Å². The molecule has 0 bridgehead atoms. The zero-order chi connectivity index (χ0) is 10.6. The first kappa shape index (κ1) is 10.8. The molecule has 0 radical (unpaired) electrons. The van der Waals surface area contributed by atoms with Gasteiger partial charge in [-0.2, -0.15) is 0 Å². The molecule has 1 N–H and O–H groups in total. The number of nitrogens with one attached hydrogen (secondary N) is 1. The summed E-state index contributed by atoms with van der Waals surface area (Å²) in [4.78, 5) is 15.2. The van der Waals surface area contributed by atoms with Crippen molar-refractivity contribution in [1.29, 1.82) is 0 Å². The normalized spacial score (nSPS) is 10.6. The van der Waals surface area contributed by atoms with E-state index in [1.54, 1.807) is 6.20 Å². The van der Waals surface area contributed by atoms with Gasteiger partial charge < -0.3 is 9.73 Å². The first-order valence-electron chi connectivity index (χ1n) is 4.78. The minimum absolute atomic E-state index is 0.0290. The lowest BCUT2D eigenvalue weighted by molar-refractivity contribution is -0.123. The number of oxazole rings is 1. The van der Waals surface area contributed by atoms with E-state index in [9.17, 15) is 4.79 Å². The Bertz CT molecular complexity index is 305. The van der Waals surface area contributed by atoms with Crippen molar-refractivity contribution >= 4 is 5.91 Å². The van der Waals surface area contributed by atoms with Gasteiger partial charge in [-0.05, 0) is 6.92 Å². The summed E-state index contributed by atoms with van der Waals surface area (Å²) in [6.07, 6.45) is 2.33. The molecule has 0 spiro atoms. The molecule has 0 atom stereocenters. The van der Waals surface area contributed by atoms with E-state index in [1.807, 2.05) is 20.8 Å². The highest BCUT2D eigenvalue weighted by Crippen LogP contribution is 2.01. The van der Waals surface area contributed by atoms with E-state index in [2.05, 4.69) is 10.3 Å². The first-order chi connectivity index (χ1) is 6.59. The van der Waals surface area contributed by atoms with Crippen molar-refractivity contribution in [3.63, 3.8) is 0 Å². The van der Waals surface area contributed by atoms with Gasteiger partial charge >= 0.3 is 0 Å². The van der Waals surface area contributed by atoms with E-state index in [0.717, 1.165) is 5.76 Å². The Labute approximate surface area is 83.7 Å². The Morgan fingerprint density at radius 3 is 2.86 bits per heavy atom. The Morgan fingerprint density at radius 1 is 1.64 bits per heavy atom. The summed E-state index contributed by atoms with van der Waals surface area (Å²) in [5, 5.41) is 2.80. The molecule has 1 amide bonds. The highest BCUT2D eigenvalue weighted by atomic mass is 16.4. The number of hydrogen-bond acceptors (Lipinski definition) is 3. The molecule has 14 heavy (non-hydrogen) atoms. The smallest absolute Gasteiger partial charge is 0.222 e. The van der Waals surface area contributed by atoms with Gasteiger partial charge in [0.1, 0.15) is 5.76 Å². The van der Waals surface area contributed by atoms with Crippen molar-refractivity contribution in [1.82, 2.24) is 10.3 Å². The number of hydrogen-bond donors (Lipinski definition) is 1. The maximum absolute atomic E-state index is 11.2. The van der Waals surface area contributed by atoms with Crippen LogP contribution in [0.3, 0.4) is 0 Å². The lowest BCUT2D eigenvalue weighted by Crippen LogP contribution is -2.29. The van der Waals surface area contributed by atoms with Crippen LogP contribution in [0.4, 0.5) is 0 Å². The van der Waals surface area contributed by atoms with Crippen LogP contribution < -0.4 is 5.32 Å². The second-order valence-electron chi connectivity index (χ2n) is 3.56. The molecule has 0 fully saturated rings. The number of carbonyl (C=O) groups is 1. The van der Waals surface area contributed by atoms with E-state index in [0.29, 0.717) is 18.9 Å². The number of nitrogens with zero attached hydrogens (tertiary/aromatic N) is 1. The molecule has 0 aliphatic rings. The van der Waals surface area contributed by atoms with Crippen LogP contribution in [-0.2, 0) is 11.2 Å². The van der Waals surface area contributed by atoms with Gasteiger partial charge in [-0.25, -0.2) is 4.98 Å². The minimum atomic E-state index is 0.0290. The molecular formula is C10H16N2O2. The third kappa shape index (κ3) is 3.20. The van der Waals surface area contributed by atoms with Crippen molar-refractivity contribution in [2.45, 2.75) is 27.2 Å². The molecule has 1 aromatic rings. The summed E-state index contributed by atoms with van der Waals surface area (Å²) in [6, 6.07) is 0. The fraction of sp³-hybridized carbons (Fsp3) is 0.600. The average molecular weight is 196 g/mol. The van der Waals surface area contributed by atoms with Gasteiger partial charge in [0.05, 0.1) is 6.20 Å². The zero-order valence-corrected chi connectivity index (χ0v) is 8.83. The predicted octanol–water partition coefficient (Wildman–Crippen LogP) is 1.30. The van der Waals surface area contributed by atoms with Gasteiger partial charge in [0.25, 0.3) is 0 Å². The summed E-state index contributed by atoms with van der Waals surface area (Å²) in [7, 11) is 0. The second kappa shape index (κ2) is 4.79. The Kier molecular flexibility index (Phi) is 3.68. The third-order valence-electron chi connectivity index (χ3n) is 1.83. The van der Waals surface area contributed by atoms with Gasteiger partial charge in [-0.1, -0.05) is 13.8 Å². The van der Waals surface area contributed by atoms with E-state index in [4.69, 9.17) is 4.42 Å². The SMILES string of the molecule is Cc1cnc(CCNC(=O)C(C)C)o1. The molecule has 78 valence electrons. The molecule has 0 aromatic carbocycles. The molecule has 0 aliphatic heterocycles. The molecule has 4 heteroatoms. The van der Waals surface area contributed by atoms with Gasteiger partial charge in [0.2, 0.25) is 5.91 Å². The highest BCUT2D eigenvalue weighted by molar-refractivity contribution is 5.77. The van der Waals surface area contributed by atoms with Gasteiger partial charge in [0.15, 0.2) is 5.89 Å². The van der Waals surface area contributed by atoms with Gasteiger partial charge in [-0.3, -0.25) is 4.79 Å². The van der Waals surface area contributed by atoms with E-state index in [-0.39, 0.29) is 11.8 Å². The molecule has 0 aliphatic carbocycles. The van der Waals surface area contributed by atoms with Crippen molar-refractivity contribution in [2.24, 2.45) is 5.92 Å². The first-order valence-corrected chi connectivity index (χ1v) is 4.78. The highest BCUT2D eigenvalue weighted by Gasteiger charge is 2.06. The van der Waals surface area contributed by atoms with Crippen molar-refractivity contribution < 1.29 is 9.21 Å². The maximum Gasteiger partial charge on any atom is 0.222 e. The summed E-state index contributed by atoms with van der Waals surface area (Å²) in [5.74, 6) is 1.57. The van der Waals surface area contributed by atoms with Gasteiger partial charge in [-0.15, -0.1) is 0 Å². The fourth-order valence-corrected chi connectivity index (χ4v) is 1.01. The Hall–Kier alpha value is -1.32. The molecule has 1 aromatic heterocycles. The number of rotatable bonds is 4. The largest absolute Gasteiger partial charge is 0.446 e. The average Bonchev–Trinajstić information content (AvgIpc) is 2.51. The van der Waals surface area contributed by atoms with Crippen molar-refractivity contribution in [2.75, 3.05) is 6.54 Å². The Morgan fingerprint density at radius 2 is 2.36 bits per heavy atom. The summed E-state index contributed by atoms with van der Waals surface area (Å²) >= 11 is 0.